The van der Waals surface area contributed by atoms with Crippen molar-refractivity contribution in [3.63, 3.8) is 0 Å². The van der Waals surface area contributed by atoms with E-state index in [0.717, 1.165) is 17.7 Å². The molecule has 1 N–H and O–H groups in total. The Bertz CT molecular complexity index is 595. The number of aromatic nitrogens is 1. The zero-order chi connectivity index (χ0) is 14.9. The number of hydrogen-bond donors (Lipinski definition) is 1. The van der Waals surface area contributed by atoms with Crippen molar-refractivity contribution in [2.45, 2.75) is 13.3 Å². The summed E-state index contributed by atoms with van der Waals surface area (Å²) in [7, 11) is 0. The summed E-state index contributed by atoms with van der Waals surface area (Å²) >= 11 is 0. The van der Waals surface area contributed by atoms with Crippen LogP contribution >= 0.6 is 0 Å². The fourth-order valence-corrected chi connectivity index (χ4v) is 1.60. The Hall–Kier alpha value is -2.69. The number of benzene rings is 1. The van der Waals surface area contributed by atoms with E-state index in [-0.39, 0.29) is 5.91 Å². The van der Waals surface area contributed by atoms with Crippen LogP contribution in [0.5, 0.6) is 5.75 Å². The number of pyridine rings is 1. The minimum Gasteiger partial charge on any atom is -0.494 e. The van der Waals surface area contributed by atoms with E-state index in [1.165, 1.54) is 6.20 Å². The van der Waals surface area contributed by atoms with Crippen molar-refractivity contribution in [1.82, 2.24) is 10.4 Å². The summed E-state index contributed by atoms with van der Waals surface area (Å²) < 4.78 is 5.49. The highest BCUT2D eigenvalue weighted by molar-refractivity contribution is 5.94. The maximum atomic E-state index is 11.7. The van der Waals surface area contributed by atoms with E-state index >= 15 is 0 Å². The molecule has 5 heteroatoms. The van der Waals surface area contributed by atoms with Gasteiger partial charge in [0.1, 0.15) is 5.75 Å². The summed E-state index contributed by atoms with van der Waals surface area (Å²) in [6, 6.07) is 10.9. The molecule has 0 atom stereocenters. The molecular formula is C16H17N3O2. The van der Waals surface area contributed by atoms with Crippen LogP contribution in [-0.2, 0) is 0 Å². The SMILES string of the molecule is CCCOc1ccc(/C=N/NC(=O)c2cccnc2)cc1. The normalized spacial score (nSPS) is 10.5. The molecule has 1 aromatic heterocycles. The van der Waals surface area contributed by atoms with Crippen LogP contribution in [0.15, 0.2) is 53.9 Å². The molecule has 5 nitrogen and oxygen atoms in total. The standard InChI is InChI=1S/C16H17N3O2/c1-2-10-21-15-7-5-13(6-8-15)11-18-19-16(20)14-4-3-9-17-12-14/h3-9,11-12H,2,10H2,1H3,(H,19,20)/b18-11+. The topological polar surface area (TPSA) is 63.6 Å². The molecule has 2 rings (SSSR count). The molecule has 2 aromatic rings. The number of nitrogens with zero attached hydrogens (tertiary/aromatic N) is 2. The summed E-state index contributed by atoms with van der Waals surface area (Å²) in [6.07, 6.45) is 5.66. The van der Waals surface area contributed by atoms with Gasteiger partial charge in [0.2, 0.25) is 0 Å². The van der Waals surface area contributed by atoms with Crippen molar-refractivity contribution in [3.8, 4) is 5.75 Å². The maximum absolute atomic E-state index is 11.7. The third-order valence-electron chi connectivity index (χ3n) is 2.66. The van der Waals surface area contributed by atoms with Gasteiger partial charge >= 0.3 is 0 Å². The molecule has 108 valence electrons. The Morgan fingerprint density at radius 1 is 1.33 bits per heavy atom. The van der Waals surface area contributed by atoms with Gasteiger partial charge in [-0.05, 0) is 48.4 Å². The highest BCUT2D eigenvalue weighted by atomic mass is 16.5. The van der Waals surface area contributed by atoms with Crippen LogP contribution in [-0.4, -0.2) is 23.7 Å². The molecule has 1 heterocycles. The molecule has 0 fully saturated rings. The predicted octanol–water partition coefficient (Wildman–Crippen LogP) is 2.63. The van der Waals surface area contributed by atoms with Crippen LogP contribution in [0.25, 0.3) is 0 Å². The van der Waals surface area contributed by atoms with Crippen LogP contribution in [0.4, 0.5) is 0 Å². The van der Waals surface area contributed by atoms with Gasteiger partial charge in [0, 0.05) is 12.4 Å². The second-order valence-electron chi connectivity index (χ2n) is 4.36. The van der Waals surface area contributed by atoms with Gasteiger partial charge in [-0.15, -0.1) is 0 Å². The lowest BCUT2D eigenvalue weighted by Crippen LogP contribution is -2.17. The van der Waals surface area contributed by atoms with E-state index in [1.54, 1.807) is 24.5 Å². The van der Waals surface area contributed by atoms with E-state index in [4.69, 9.17) is 4.74 Å². The lowest BCUT2D eigenvalue weighted by Gasteiger charge is -2.03. The Balaban J connectivity index is 1.88. The van der Waals surface area contributed by atoms with Gasteiger partial charge in [-0.3, -0.25) is 9.78 Å². The van der Waals surface area contributed by atoms with Crippen molar-refractivity contribution in [3.05, 3.63) is 59.9 Å². The van der Waals surface area contributed by atoms with Crippen molar-refractivity contribution >= 4 is 12.1 Å². The molecule has 0 aliphatic heterocycles. The molecule has 0 saturated heterocycles. The van der Waals surface area contributed by atoms with Crippen molar-refractivity contribution in [2.24, 2.45) is 5.10 Å². The highest BCUT2D eigenvalue weighted by Crippen LogP contribution is 2.11. The molecule has 0 radical (unpaired) electrons. The summed E-state index contributed by atoms with van der Waals surface area (Å²) in [6.45, 7) is 2.76. The average Bonchev–Trinajstić information content (AvgIpc) is 2.55. The Morgan fingerprint density at radius 2 is 2.14 bits per heavy atom. The molecule has 0 spiro atoms. The molecule has 1 aromatic carbocycles. The fraction of sp³-hybridized carbons (Fsp3) is 0.188. The number of rotatable bonds is 6. The molecule has 1 amide bonds. The van der Waals surface area contributed by atoms with Crippen LogP contribution in [0.2, 0.25) is 0 Å². The number of carbonyl (C=O) groups excluding carboxylic acids is 1. The minimum atomic E-state index is -0.290. The third kappa shape index (κ3) is 4.72. The molecule has 0 unspecified atom stereocenters. The smallest absolute Gasteiger partial charge is 0.272 e. The quantitative estimate of drug-likeness (QED) is 0.654. The van der Waals surface area contributed by atoms with E-state index in [9.17, 15) is 4.79 Å². The second-order valence-corrected chi connectivity index (χ2v) is 4.36. The number of hydrazone groups is 1. The van der Waals surface area contributed by atoms with Gasteiger partial charge in [-0.1, -0.05) is 6.92 Å². The average molecular weight is 283 g/mol. The minimum absolute atomic E-state index is 0.290. The molecule has 21 heavy (non-hydrogen) atoms. The number of hydrogen-bond acceptors (Lipinski definition) is 4. The summed E-state index contributed by atoms with van der Waals surface area (Å²) in [4.78, 5) is 15.6. The van der Waals surface area contributed by atoms with Crippen molar-refractivity contribution in [1.29, 1.82) is 0 Å². The highest BCUT2D eigenvalue weighted by Gasteiger charge is 2.02. The van der Waals surface area contributed by atoms with E-state index in [0.29, 0.717) is 12.2 Å². The first kappa shape index (κ1) is 14.7. The predicted molar refractivity (Wildman–Crippen MR) is 81.5 cm³/mol. The summed E-state index contributed by atoms with van der Waals surface area (Å²) in [5.74, 6) is 0.538. The molecule has 0 bridgehead atoms. The van der Waals surface area contributed by atoms with E-state index in [1.807, 2.05) is 24.3 Å². The lowest BCUT2D eigenvalue weighted by molar-refractivity contribution is 0.0955. The van der Waals surface area contributed by atoms with E-state index < -0.39 is 0 Å². The number of ether oxygens (including phenoxy) is 1. The van der Waals surface area contributed by atoms with Crippen LogP contribution in [0, 0.1) is 0 Å². The summed E-state index contributed by atoms with van der Waals surface area (Å²) in [5.41, 5.74) is 3.81. The van der Waals surface area contributed by atoms with Crippen LogP contribution in [0.1, 0.15) is 29.3 Å². The third-order valence-corrected chi connectivity index (χ3v) is 2.66. The second kappa shape index (κ2) is 7.79. The lowest BCUT2D eigenvalue weighted by atomic mass is 10.2. The van der Waals surface area contributed by atoms with E-state index in [2.05, 4.69) is 22.4 Å². The van der Waals surface area contributed by atoms with Crippen LogP contribution in [0.3, 0.4) is 0 Å². The first-order valence-corrected chi connectivity index (χ1v) is 6.76. The molecule has 0 saturated carbocycles. The van der Waals surface area contributed by atoms with Gasteiger partial charge in [0.15, 0.2) is 0 Å². The fourth-order valence-electron chi connectivity index (χ4n) is 1.60. The number of amides is 1. The molecular weight excluding hydrogens is 266 g/mol. The van der Waals surface area contributed by atoms with Crippen molar-refractivity contribution < 1.29 is 9.53 Å². The van der Waals surface area contributed by atoms with Gasteiger partial charge in [0.05, 0.1) is 18.4 Å². The van der Waals surface area contributed by atoms with Gasteiger partial charge in [-0.25, -0.2) is 5.43 Å². The molecule has 0 aliphatic carbocycles. The first-order valence-electron chi connectivity index (χ1n) is 6.76. The zero-order valence-corrected chi connectivity index (χ0v) is 11.8. The Morgan fingerprint density at radius 3 is 2.81 bits per heavy atom. The number of carbonyl (C=O) groups is 1. The summed E-state index contributed by atoms with van der Waals surface area (Å²) in [5, 5.41) is 3.92. The van der Waals surface area contributed by atoms with Crippen LogP contribution < -0.4 is 10.2 Å². The largest absolute Gasteiger partial charge is 0.494 e. The monoisotopic (exact) mass is 283 g/mol. The first-order chi connectivity index (χ1) is 10.3. The Labute approximate surface area is 123 Å². The molecule has 0 aliphatic rings. The van der Waals surface area contributed by atoms with Gasteiger partial charge in [-0.2, -0.15) is 5.10 Å². The number of nitrogens with one attached hydrogen (secondary N) is 1. The Kier molecular flexibility index (Phi) is 5.46. The zero-order valence-electron chi connectivity index (χ0n) is 11.8. The van der Waals surface area contributed by atoms with Crippen molar-refractivity contribution in [2.75, 3.05) is 6.61 Å². The van der Waals surface area contributed by atoms with Gasteiger partial charge in [0.25, 0.3) is 5.91 Å². The van der Waals surface area contributed by atoms with Gasteiger partial charge < -0.3 is 4.74 Å². The maximum Gasteiger partial charge on any atom is 0.272 e.